The van der Waals surface area contributed by atoms with E-state index in [4.69, 9.17) is 9.47 Å². The Balaban J connectivity index is 0. The number of carbonyl (C=O) groups excluding carboxylic acids is 2. The number of ether oxygens (including phenoxy) is 2. The van der Waals surface area contributed by atoms with Crippen molar-refractivity contribution in [3.8, 4) is 0 Å². The predicted octanol–water partition coefficient (Wildman–Crippen LogP) is 3.71. The van der Waals surface area contributed by atoms with Crippen molar-refractivity contribution in [3.63, 3.8) is 0 Å². The van der Waals surface area contributed by atoms with Crippen LogP contribution in [0.3, 0.4) is 0 Å². The van der Waals surface area contributed by atoms with E-state index < -0.39 is 17.4 Å². The van der Waals surface area contributed by atoms with Crippen molar-refractivity contribution < 1.29 is 19.1 Å². The summed E-state index contributed by atoms with van der Waals surface area (Å²) in [7, 11) is 0. The Bertz CT molecular complexity index is 236. The van der Waals surface area contributed by atoms with E-state index in [0.29, 0.717) is 6.42 Å². The van der Waals surface area contributed by atoms with Gasteiger partial charge in [0, 0.05) is 5.33 Å². The summed E-state index contributed by atoms with van der Waals surface area (Å²) >= 11 is 3.32. The van der Waals surface area contributed by atoms with Gasteiger partial charge in [-0.05, 0) is 33.6 Å². The first kappa shape index (κ1) is 20.7. The van der Waals surface area contributed by atoms with Gasteiger partial charge in [0.15, 0.2) is 5.41 Å². The maximum absolute atomic E-state index is 11.8. The monoisotopic (exact) mass is 338 g/mol. The van der Waals surface area contributed by atoms with Crippen LogP contribution in [0.4, 0.5) is 0 Å². The van der Waals surface area contributed by atoms with Gasteiger partial charge in [-0.25, -0.2) is 0 Å². The molecule has 0 aromatic rings. The molecule has 0 atom stereocenters. The molecule has 0 fully saturated rings. The normalized spacial score (nSPS) is 10.2. The molecule has 0 aliphatic heterocycles. The first-order valence-corrected chi connectivity index (χ1v) is 8.05. The van der Waals surface area contributed by atoms with Crippen LogP contribution in [0.25, 0.3) is 0 Å². The van der Waals surface area contributed by atoms with Crippen molar-refractivity contribution in [3.05, 3.63) is 0 Å². The molecule has 0 unspecified atom stereocenters. The third-order valence-electron chi connectivity index (χ3n) is 2.51. The molecular formula is C14H27BrO4. The maximum atomic E-state index is 11.8. The fraction of sp³-hybridized carbons (Fsp3) is 0.857. The molecule has 0 aliphatic rings. The molecule has 0 saturated heterocycles. The maximum Gasteiger partial charge on any atom is 0.323 e. The van der Waals surface area contributed by atoms with Gasteiger partial charge < -0.3 is 9.47 Å². The van der Waals surface area contributed by atoms with Gasteiger partial charge in [0.2, 0.25) is 0 Å². The van der Waals surface area contributed by atoms with Crippen molar-refractivity contribution in [2.45, 2.75) is 53.9 Å². The van der Waals surface area contributed by atoms with E-state index >= 15 is 0 Å². The van der Waals surface area contributed by atoms with Crippen LogP contribution in [-0.2, 0) is 19.1 Å². The van der Waals surface area contributed by atoms with Crippen LogP contribution in [0, 0.1) is 5.41 Å². The second kappa shape index (κ2) is 12.5. The third-order valence-corrected chi connectivity index (χ3v) is 3.07. The van der Waals surface area contributed by atoms with Gasteiger partial charge in [-0.1, -0.05) is 36.2 Å². The van der Waals surface area contributed by atoms with E-state index in [1.807, 2.05) is 13.8 Å². The number of rotatable bonds is 8. The van der Waals surface area contributed by atoms with E-state index in [-0.39, 0.29) is 13.2 Å². The lowest BCUT2D eigenvalue weighted by molar-refractivity contribution is -0.171. The summed E-state index contributed by atoms with van der Waals surface area (Å²) in [6, 6.07) is 0. The van der Waals surface area contributed by atoms with Crippen molar-refractivity contribution in [1.29, 1.82) is 0 Å². The van der Waals surface area contributed by atoms with Crippen LogP contribution in [-0.4, -0.2) is 30.5 Å². The fourth-order valence-electron chi connectivity index (χ4n) is 1.44. The van der Waals surface area contributed by atoms with Crippen LogP contribution in [0.15, 0.2) is 0 Å². The average molecular weight is 339 g/mol. The van der Waals surface area contributed by atoms with Crippen LogP contribution >= 0.6 is 15.9 Å². The van der Waals surface area contributed by atoms with Gasteiger partial charge in [0.05, 0.1) is 13.2 Å². The van der Waals surface area contributed by atoms with E-state index in [0.717, 1.165) is 18.2 Å². The zero-order valence-electron chi connectivity index (χ0n) is 12.8. The Morgan fingerprint density at radius 1 is 1.00 bits per heavy atom. The lowest BCUT2D eigenvalue weighted by Crippen LogP contribution is -2.39. The van der Waals surface area contributed by atoms with Crippen molar-refractivity contribution in [1.82, 2.24) is 0 Å². The largest absolute Gasteiger partial charge is 0.465 e. The fourth-order valence-corrected chi connectivity index (χ4v) is 1.84. The Hall–Kier alpha value is -0.580. The standard InChI is InChI=1S/C12H21BrO4.C2H6/c1-4-16-10(14)12(3,8-6-7-9-13)11(15)17-5-2;1-2/h4-9H2,1-3H3;1-2H3. The third kappa shape index (κ3) is 7.55. The van der Waals surface area contributed by atoms with E-state index in [1.54, 1.807) is 20.8 Å². The minimum Gasteiger partial charge on any atom is -0.465 e. The van der Waals surface area contributed by atoms with Gasteiger partial charge in [-0.2, -0.15) is 0 Å². The molecule has 0 bridgehead atoms. The van der Waals surface area contributed by atoms with E-state index in [1.165, 1.54) is 0 Å². The zero-order valence-corrected chi connectivity index (χ0v) is 14.3. The highest BCUT2D eigenvalue weighted by molar-refractivity contribution is 9.09. The number of alkyl halides is 1. The Morgan fingerprint density at radius 3 is 1.74 bits per heavy atom. The molecule has 0 N–H and O–H groups in total. The van der Waals surface area contributed by atoms with Gasteiger partial charge in [0.25, 0.3) is 0 Å². The average Bonchev–Trinajstić information content (AvgIpc) is 2.41. The summed E-state index contributed by atoms with van der Waals surface area (Å²) in [4.78, 5) is 23.7. The molecule has 0 saturated carbocycles. The van der Waals surface area contributed by atoms with Crippen LogP contribution < -0.4 is 0 Å². The lowest BCUT2D eigenvalue weighted by Gasteiger charge is -2.24. The topological polar surface area (TPSA) is 52.6 Å². The Morgan fingerprint density at radius 2 is 1.42 bits per heavy atom. The van der Waals surface area contributed by atoms with E-state index in [2.05, 4.69) is 15.9 Å². The van der Waals surface area contributed by atoms with Crippen molar-refractivity contribution in [2.75, 3.05) is 18.5 Å². The molecule has 4 nitrogen and oxygen atoms in total. The predicted molar refractivity (Wildman–Crippen MR) is 80.4 cm³/mol. The summed E-state index contributed by atoms with van der Waals surface area (Å²) in [5, 5.41) is 0.856. The summed E-state index contributed by atoms with van der Waals surface area (Å²) in [6.07, 6.45) is 2.14. The van der Waals surface area contributed by atoms with Gasteiger partial charge >= 0.3 is 11.9 Å². The molecule has 5 heteroatoms. The molecule has 0 aromatic carbocycles. The van der Waals surface area contributed by atoms with Crippen LogP contribution in [0.1, 0.15) is 53.9 Å². The zero-order chi connectivity index (χ0) is 15.3. The number of hydrogen-bond acceptors (Lipinski definition) is 4. The van der Waals surface area contributed by atoms with Gasteiger partial charge in [-0.3, -0.25) is 9.59 Å². The van der Waals surface area contributed by atoms with Gasteiger partial charge in [0.1, 0.15) is 0 Å². The summed E-state index contributed by atoms with van der Waals surface area (Å²) in [5.41, 5.74) is -1.17. The van der Waals surface area contributed by atoms with E-state index in [9.17, 15) is 9.59 Å². The highest BCUT2D eigenvalue weighted by Crippen LogP contribution is 2.28. The Kier molecular flexibility index (Phi) is 13.6. The smallest absolute Gasteiger partial charge is 0.323 e. The van der Waals surface area contributed by atoms with Gasteiger partial charge in [-0.15, -0.1) is 0 Å². The molecule has 0 aromatic heterocycles. The molecule has 0 amide bonds. The quantitative estimate of drug-likeness (QED) is 0.293. The minimum absolute atomic E-state index is 0.270. The lowest BCUT2D eigenvalue weighted by atomic mass is 9.85. The van der Waals surface area contributed by atoms with Crippen molar-refractivity contribution >= 4 is 27.9 Å². The minimum atomic E-state index is -1.17. The summed E-state index contributed by atoms with van der Waals surface area (Å²) in [6.45, 7) is 9.58. The molecular weight excluding hydrogens is 312 g/mol. The number of hydrogen-bond donors (Lipinski definition) is 0. The second-order valence-electron chi connectivity index (χ2n) is 3.92. The molecule has 0 rings (SSSR count). The molecule has 0 heterocycles. The SMILES string of the molecule is CC.CCOC(=O)C(C)(CCCCBr)C(=O)OCC. The second-order valence-corrected chi connectivity index (χ2v) is 4.71. The first-order valence-electron chi connectivity index (χ1n) is 6.93. The molecule has 114 valence electrons. The highest BCUT2D eigenvalue weighted by atomic mass is 79.9. The molecule has 0 aliphatic carbocycles. The number of unbranched alkanes of at least 4 members (excludes halogenated alkanes) is 1. The highest BCUT2D eigenvalue weighted by Gasteiger charge is 2.43. The number of halogens is 1. The van der Waals surface area contributed by atoms with Crippen molar-refractivity contribution in [2.24, 2.45) is 5.41 Å². The number of esters is 2. The first-order chi connectivity index (χ1) is 9.02. The summed E-state index contributed by atoms with van der Waals surface area (Å²) in [5.74, 6) is -0.985. The van der Waals surface area contributed by atoms with Crippen LogP contribution in [0.5, 0.6) is 0 Å². The molecule has 0 radical (unpaired) electrons. The summed E-state index contributed by atoms with van der Waals surface area (Å²) < 4.78 is 9.91. The molecule has 0 spiro atoms. The molecule has 19 heavy (non-hydrogen) atoms. The van der Waals surface area contributed by atoms with Crippen LogP contribution in [0.2, 0.25) is 0 Å². The number of carbonyl (C=O) groups is 2. The Labute approximate surface area is 125 Å².